The summed E-state index contributed by atoms with van der Waals surface area (Å²) in [5, 5.41) is 0. The number of nitrogens with zero attached hydrogens (tertiary/aromatic N) is 1. The number of ether oxygens (including phenoxy) is 1. The van der Waals surface area contributed by atoms with Gasteiger partial charge in [0.15, 0.2) is 0 Å². The molecule has 1 rings (SSSR count). The van der Waals surface area contributed by atoms with Gasteiger partial charge in [0.05, 0.1) is 13.2 Å². The van der Waals surface area contributed by atoms with Crippen LogP contribution >= 0.6 is 0 Å². The average molecular weight is 294 g/mol. The van der Waals surface area contributed by atoms with E-state index in [1.165, 1.54) is 0 Å². The normalized spacial score (nSPS) is 20.9. The highest BCUT2D eigenvalue weighted by Gasteiger charge is 2.39. The first-order chi connectivity index (χ1) is 8.88. The van der Waals surface area contributed by atoms with Crippen molar-refractivity contribution in [1.29, 1.82) is 0 Å². The minimum Gasteiger partial charge on any atom is -0.465 e. The van der Waals surface area contributed by atoms with E-state index in [1.807, 2.05) is 18.7 Å². The number of esters is 1. The Balaban J connectivity index is 2.63. The molecule has 7 nitrogen and oxygen atoms in total. The van der Waals surface area contributed by atoms with Gasteiger partial charge in [0.1, 0.15) is 6.04 Å². The van der Waals surface area contributed by atoms with Crippen molar-refractivity contribution < 1.29 is 22.8 Å². The molecule has 0 aromatic heterocycles. The van der Waals surface area contributed by atoms with E-state index in [2.05, 4.69) is 0 Å². The number of rotatable bonds is 7. The van der Waals surface area contributed by atoms with E-state index in [4.69, 9.17) is 9.57 Å². The number of hydrogen-bond donors (Lipinski definition) is 1. The van der Waals surface area contributed by atoms with Crippen LogP contribution in [0.1, 0.15) is 33.6 Å². The maximum atomic E-state index is 12.0. The fraction of sp³-hybridized carbons (Fsp3) is 0.909. The van der Waals surface area contributed by atoms with Crippen LogP contribution in [0.15, 0.2) is 0 Å². The van der Waals surface area contributed by atoms with Crippen molar-refractivity contribution in [3.8, 4) is 0 Å². The van der Waals surface area contributed by atoms with Gasteiger partial charge in [-0.2, -0.15) is 12.7 Å². The number of nitrogens with one attached hydrogen (secondary N) is 1. The Hall–Kier alpha value is -0.700. The summed E-state index contributed by atoms with van der Waals surface area (Å²) < 4.78 is 30.0. The van der Waals surface area contributed by atoms with Gasteiger partial charge in [0.2, 0.25) is 0 Å². The third-order valence-corrected chi connectivity index (χ3v) is 4.03. The van der Waals surface area contributed by atoms with Gasteiger partial charge >= 0.3 is 16.2 Å². The predicted molar refractivity (Wildman–Crippen MR) is 69.2 cm³/mol. The second-order valence-electron chi connectivity index (χ2n) is 4.81. The molecule has 8 heteroatoms. The smallest absolute Gasteiger partial charge is 0.324 e. The lowest BCUT2D eigenvalue weighted by Crippen LogP contribution is -2.47. The third-order valence-electron chi connectivity index (χ3n) is 2.65. The van der Waals surface area contributed by atoms with E-state index in [-0.39, 0.29) is 19.1 Å². The highest BCUT2D eigenvalue weighted by Crippen LogP contribution is 2.21. The maximum absolute atomic E-state index is 12.0. The van der Waals surface area contributed by atoms with Gasteiger partial charge in [0, 0.05) is 6.54 Å². The molecule has 1 atom stereocenters. The van der Waals surface area contributed by atoms with Crippen LogP contribution < -0.4 is 4.89 Å². The van der Waals surface area contributed by atoms with Crippen LogP contribution in [0.4, 0.5) is 0 Å². The van der Waals surface area contributed by atoms with Crippen LogP contribution in [-0.2, 0) is 24.6 Å². The summed E-state index contributed by atoms with van der Waals surface area (Å²) >= 11 is 0. The molecular formula is C11H22N2O5S. The Labute approximate surface area is 114 Å². The molecule has 112 valence electrons. The molecule has 1 heterocycles. The second-order valence-corrected chi connectivity index (χ2v) is 6.40. The average Bonchev–Trinajstić information content (AvgIpc) is 2.78. The molecule has 1 unspecified atom stereocenters. The van der Waals surface area contributed by atoms with Crippen LogP contribution in [0.5, 0.6) is 0 Å². The molecular weight excluding hydrogens is 272 g/mol. The van der Waals surface area contributed by atoms with Crippen LogP contribution in [-0.4, -0.2) is 44.5 Å². The van der Waals surface area contributed by atoms with Gasteiger partial charge in [0.25, 0.3) is 0 Å². The van der Waals surface area contributed by atoms with Gasteiger partial charge < -0.3 is 4.74 Å². The molecule has 1 N–H and O–H groups in total. The van der Waals surface area contributed by atoms with Gasteiger partial charge in [-0.15, -0.1) is 0 Å². The largest absolute Gasteiger partial charge is 0.465 e. The van der Waals surface area contributed by atoms with Crippen molar-refractivity contribution in [3.63, 3.8) is 0 Å². The van der Waals surface area contributed by atoms with Crippen LogP contribution in [0, 0.1) is 5.92 Å². The Bertz CT molecular complexity index is 396. The number of carbonyl (C=O) groups excluding carboxylic acids is 1. The van der Waals surface area contributed by atoms with E-state index in [0.717, 1.165) is 4.31 Å². The summed E-state index contributed by atoms with van der Waals surface area (Å²) in [4.78, 5) is 18.7. The van der Waals surface area contributed by atoms with Crippen LogP contribution in [0.3, 0.4) is 0 Å². The molecule has 0 amide bonds. The van der Waals surface area contributed by atoms with E-state index in [9.17, 15) is 13.2 Å². The van der Waals surface area contributed by atoms with Crippen LogP contribution in [0.25, 0.3) is 0 Å². The highest BCUT2D eigenvalue weighted by molar-refractivity contribution is 7.87. The topological polar surface area (TPSA) is 84.9 Å². The van der Waals surface area contributed by atoms with Crippen molar-refractivity contribution in [3.05, 3.63) is 0 Å². The number of carbonyl (C=O) groups is 1. The SMILES string of the molecule is CCOC(=O)C1CCCN1S(=O)(=O)NOCC(C)C. The first-order valence-electron chi connectivity index (χ1n) is 6.45. The minimum absolute atomic E-state index is 0.210. The molecule has 0 spiro atoms. The summed E-state index contributed by atoms with van der Waals surface area (Å²) in [5.41, 5.74) is 0. The summed E-state index contributed by atoms with van der Waals surface area (Å²) in [5.74, 6) is -0.295. The molecule has 1 saturated heterocycles. The molecule has 0 bridgehead atoms. The zero-order valence-electron chi connectivity index (χ0n) is 11.6. The monoisotopic (exact) mass is 294 g/mol. The molecule has 0 aromatic rings. The zero-order chi connectivity index (χ0) is 14.5. The Morgan fingerprint density at radius 3 is 2.74 bits per heavy atom. The first-order valence-corrected chi connectivity index (χ1v) is 7.89. The first kappa shape index (κ1) is 16.4. The Morgan fingerprint density at radius 2 is 2.16 bits per heavy atom. The highest BCUT2D eigenvalue weighted by atomic mass is 32.2. The third kappa shape index (κ3) is 4.72. The van der Waals surface area contributed by atoms with Crippen molar-refractivity contribution in [2.45, 2.75) is 39.7 Å². The lowest BCUT2D eigenvalue weighted by atomic mass is 10.2. The van der Waals surface area contributed by atoms with Gasteiger partial charge in [-0.3, -0.25) is 9.63 Å². The number of hydrogen-bond acceptors (Lipinski definition) is 5. The van der Waals surface area contributed by atoms with Gasteiger partial charge in [-0.25, -0.2) is 0 Å². The molecule has 0 aliphatic carbocycles. The van der Waals surface area contributed by atoms with E-state index in [1.54, 1.807) is 6.92 Å². The molecule has 0 radical (unpaired) electrons. The lowest BCUT2D eigenvalue weighted by Gasteiger charge is -2.22. The summed E-state index contributed by atoms with van der Waals surface area (Å²) in [6, 6.07) is -0.750. The molecule has 19 heavy (non-hydrogen) atoms. The molecule has 1 fully saturated rings. The summed E-state index contributed by atoms with van der Waals surface area (Å²) in [6.07, 6.45) is 1.11. The molecule has 1 aliphatic heterocycles. The standard InChI is InChI=1S/C11H22N2O5S/c1-4-17-11(14)10-6-5-7-13(10)19(15,16)12-18-8-9(2)3/h9-10,12H,4-8H2,1-3H3. The quantitative estimate of drug-likeness (QED) is 0.544. The Morgan fingerprint density at radius 1 is 1.47 bits per heavy atom. The van der Waals surface area contributed by atoms with E-state index >= 15 is 0 Å². The van der Waals surface area contributed by atoms with Crippen molar-refractivity contribution in [2.75, 3.05) is 19.8 Å². The molecule has 0 saturated carbocycles. The van der Waals surface area contributed by atoms with Crippen LogP contribution in [0.2, 0.25) is 0 Å². The van der Waals surface area contributed by atoms with E-state index < -0.39 is 22.2 Å². The fourth-order valence-corrected chi connectivity index (χ4v) is 3.03. The van der Waals surface area contributed by atoms with Gasteiger partial charge in [-0.1, -0.05) is 18.7 Å². The van der Waals surface area contributed by atoms with Crippen molar-refractivity contribution in [1.82, 2.24) is 9.19 Å². The van der Waals surface area contributed by atoms with Gasteiger partial charge in [-0.05, 0) is 25.7 Å². The Kier molecular flexibility index (Phi) is 6.18. The van der Waals surface area contributed by atoms with E-state index in [0.29, 0.717) is 19.4 Å². The van der Waals surface area contributed by atoms with Crippen molar-refractivity contribution in [2.24, 2.45) is 5.92 Å². The second kappa shape index (κ2) is 7.18. The maximum Gasteiger partial charge on any atom is 0.324 e. The molecule has 0 aromatic carbocycles. The zero-order valence-corrected chi connectivity index (χ0v) is 12.4. The minimum atomic E-state index is -3.81. The fourth-order valence-electron chi connectivity index (χ4n) is 1.82. The summed E-state index contributed by atoms with van der Waals surface area (Å²) in [6.45, 7) is 6.31. The molecule has 1 aliphatic rings. The predicted octanol–water partition coefficient (Wildman–Crippen LogP) is 0.436. The van der Waals surface area contributed by atoms with Crippen molar-refractivity contribution >= 4 is 16.2 Å². The lowest BCUT2D eigenvalue weighted by molar-refractivity contribution is -0.146. The summed E-state index contributed by atoms with van der Waals surface area (Å²) in [7, 11) is -3.81.